The lowest BCUT2D eigenvalue weighted by atomic mass is 9.96. The van der Waals surface area contributed by atoms with E-state index < -0.39 is 12.1 Å². The maximum atomic E-state index is 12.7. The highest BCUT2D eigenvalue weighted by atomic mass is 32.2. The van der Waals surface area contributed by atoms with E-state index in [-0.39, 0.29) is 24.0 Å². The van der Waals surface area contributed by atoms with Gasteiger partial charge in [-0.3, -0.25) is 4.79 Å². The molecule has 0 saturated carbocycles. The van der Waals surface area contributed by atoms with Gasteiger partial charge in [0.15, 0.2) is 0 Å². The number of thioether (sulfide) groups is 1. The first-order valence-electron chi connectivity index (χ1n) is 7.79. The van der Waals surface area contributed by atoms with E-state index in [9.17, 15) is 18.0 Å². The van der Waals surface area contributed by atoms with Gasteiger partial charge in [0.1, 0.15) is 0 Å². The second-order valence-corrected chi connectivity index (χ2v) is 7.28. The van der Waals surface area contributed by atoms with E-state index in [0.29, 0.717) is 26.1 Å². The molecule has 1 aromatic rings. The van der Waals surface area contributed by atoms with Crippen LogP contribution in [0.25, 0.3) is 0 Å². The molecule has 2 aliphatic rings. The first-order chi connectivity index (χ1) is 10.9. The molecule has 0 spiro atoms. The predicted molar refractivity (Wildman–Crippen MR) is 84.6 cm³/mol. The summed E-state index contributed by atoms with van der Waals surface area (Å²) >= 11 is 1.54. The lowest BCUT2D eigenvalue weighted by Gasteiger charge is -2.34. The van der Waals surface area contributed by atoms with Gasteiger partial charge in [0.2, 0.25) is 5.91 Å². The summed E-state index contributed by atoms with van der Waals surface area (Å²) in [5.74, 6) is -1.18. The molecule has 1 fully saturated rings. The van der Waals surface area contributed by atoms with E-state index in [2.05, 4.69) is 5.32 Å². The van der Waals surface area contributed by atoms with Crippen molar-refractivity contribution in [3.05, 3.63) is 24.3 Å². The van der Waals surface area contributed by atoms with Gasteiger partial charge < -0.3 is 10.2 Å². The average molecular weight is 344 g/mol. The minimum absolute atomic E-state index is 0.0149. The SMILES string of the molecule is O=C1Nc2ccccc2S[C@@H]1CCN1CCC(C(F)(F)F)CC1. The molecular formula is C16H19F3N2OS. The normalized spacial score (nSPS) is 23.4. The molecule has 0 aromatic heterocycles. The second-order valence-electron chi connectivity index (χ2n) is 6.04. The van der Waals surface area contributed by atoms with Crippen LogP contribution in [-0.4, -0.2) is 41.9 Å². The number of hydrogen-bond donors (Lipinski definition) is 1. The number of fused-ring (bicyclic) bond motifs is 1. The number of benzene rings is 1. The van der Waals surface area contributed by atoms with E-state index in [0.717, 1.165) is 10.6 Å². The standard InChI is InChI=1S/C16H19F3N2OS/c17-16(18,19)11-5-8-21(9-6-11)10-7-14-15(22)20-12-3-1-2-4-13(12)23-14/h1-4,11,14H,5-10H2,(H,20,22)/t14-/m1/s1. The van der Waals surface area contributed by atoms with Gasteiger partial charge in [0.05, 0.1) is 16.9 Å². The summed E-state index contributed by atoms with van der Waals surface area (Å²) in [4.78, 5) is 15.2. The Morgan fingerprint density at radius 3 is 2.61 bits per heavy atom. The molecule has 1 N–H and O–H groups in total. The Balaban J connectivity index is 1.49. The zero-order chi connectivity index (χ0) is 16.4. The Morgan fingerprint density at radius 2 is 1.91 bits per heavy atom. The molecule has 0 aliphatic carbocycles. The van der Waals surface area contributed by atoms with E-state index in [1.54, 1.807) is 0 Å². The third kappa shape index (κ3) is 4.01. The van der Waals surface area contributed by atoms with Gasteiger partial charge >= 0.3 is 6.18 Å². The molecule has 23 heavy (non-hydrogen) atoms. The molecule has 1 amide bonds. The summed E-state index contributed by atoms with van der Waals surface area (Å²) in [6.45, 7) is 1.58. The fourth-order valence-electron chi connectivity index (χ4n) is 3.07. The molecule has 7 heteroatoms. The number of anilines is 1. The van der Waals surface area contributed by atoms with Gasteiger partial charge in [-0.1, -0.05) is 12.1 Å². The fourth-order valence-corrected chi connectivity index (χ4v) is 4.17. The number of halogens is 3. The largest absolute Gasteiger partial charge is 0.391 e. The summed E-state index contributed by atoms with van der Waals surface area (Å²) in [5.41, 5.74) is 0.838. The fraction of sp³-hybridized carbons (Fsp3) is 0.562. The predicted octanol–water partition coefficient (Wildman–Crippen LogP) is 3.76. The summed E-state index contributed by atoms with van der Waals surface area (Å²) in [5, 5.41) is 2.72. The van der Waals surface area contributed by atoms with Gasteiger partial charge in [-0.2, -0.15) is 13.2 Å². The molecule has 2 aliphatic heterocycles. The molecule has 1 saturated heterocycles. The minimum atomic E-state index is -4.07. The highest BCUT2D eigenvalue weighted by Gasteiger charge is 2.41. The Bertz CT molecular complexity index is 571. The van der Waals surface area contributed by atoms with Crippen LogP contribution in [0, 0.1) is 5.92 Å². The first kappa shape index (κ1) is 16.6. The van der Waals surface area contributed by atoms with Crippen LogP contribution in [0.2, 0.25) is 0 Å². The Hall–Kier alpha value is -1.21. The van der Waals surface area contributed by atoms with Gasteiger partial charge in [0, 0.05) is 4.90 Å². The number of alkyl halides is 3. The third-order valence-electron chi connectivity index (χ3n) is 4.46. The molecule has 0 radical (unpaired) electrons. The molecular weight excluding hydrogens is 325 g/mol. The van der Waals surface area contributed by atoms with Crippen LogP contribution in [0.4, 0.5) is 18.9 Å². The van der Waals surface area contributed by atoms with Gasteiger partial charge in [-0.25, -0.2) is 0 Å². The number of para-hydroxylation sites is 1. The Labute approximate surface area is 137 Å². The van der Waals surface area contributed by atoms with Crippen LogP contribution in [-0.2, 0) is 4.79 Å². The van der Waals surface area contributed by atoms with Gasteiger partial charge in [-0.05, 0) is 51.0 Å². The van der Waals surface area contributed by atoms with Crippen molar-refractivity contribution in [3.63, 3.8) is 0 Å². The van der Waals surface area contributed by atoms with Gasteiger partial charge in [0.25, 0.3) is 0 Å². The van der Waals surface area contributed by atoms with Crippen LogP contribution in [0.3, 0.4) is 0 Å². The molecule has 0 bridgehead atoms. The van der Waals surface area contributed by atoms with Crippen molar-refractivity contribution in [2.24, 2.45) is 5.92 Å². The number of carbonyl (C=O) groups is 1. The number of nitrogens with one attached hydrogen (secondary N) is 1. The third-order valence-corrected chi connectivity index (χ3v) is 5.81. The maximum absolute atomic E-state index is 12.7. The molecule has 3 rings (SSSR count). The average Bonchev–Trinajstić information content (AvgIpc) is 2.52. The van der Waals surface area contributed by atoms with Crippen LogP contribution < -0.4 is 5.32 Å². The van der Waals surface area contributed by atoms with Gasteiger partial charge in [-0.15, -0.1) is 11.8 Å². The number of hydrogen-bond acceptors (Lipinski definition) is 3. The smallest absolute Gasteiger partial charge is 0.324 e. The molecule has 0 unspecified atom stereocenters. The topological polar surface area (TPSA) is 32.3 Å². The van der Waals surface area contributed by atoms with Crippen molar-refractivity contribution in [1.82, 2.24) is 4.90 Å². The van der Waals surface area contributed by atoms with Crippen LogP contribution in [0.1, 0.15) is 19.3 Å². The number of carbonyl (C=O) groups excluding carboxylic acids is 1. The van der Waals surface area contributed by atoms with Crippen molar-refractivity contribution in [1.29, 1.82) is 0 Å². The van der Waals surface area contributed by atoms with Crippen LogP contribution in [0.5, 0.6) is 0 Å². The monoisotopic (exact) mass is 344 g/mol. The number of likely N-dealkylation sites (tertiary alicyclic amines) is 1. The minimum Gasteiger partial charge on any atom is -0.324 e. The summed E-state index contributed by atoms with van der Waals surface area (Å²) < 4.78 is 38.0. The van der Waals surface area contributed by atoms with Crippen molar-refractivity contribution in [2.45, 2.75) is 35.6 Å². The number of amides is 1. The quantitative estimate of drug-likeness (QED) is 0.906. The summed E-state index contributed by atoms with van der Waals surface area (Å²) in [6, 6.07) is 7.66. The number of piperidine rings is 1. The highest BCUT2D eigenvalue weighted by molar-refractivity contribution is 8.01. The first-order valence-corrected chi connectivity index (χ1v) is 8.67. The van der Waals surface area contributed by atoms with E-state index in [1.807, 2.05) is 29.2 Å². The van der Waals surface area contributed by atoms with E-state index >= 15 is 0 Å². The molecule has 3 nitrogen and oxygen atoms in total. The van der Waals surface area contributed by atoms with Crippen LogP contribution >= 0.6 is 11.8 Å². The van der Waals surface area contributed by atoms with Crippen molar-refractivity contribution < 1.29 is 18.0 Å². The molecule has 1 atom stereocenters. The lowest BCUT2D eigenvalue weighted by molar-refractivity contribution is -0.185. The zero-order valence-corrected chi connectivity index (χ0v) is 13.4. The highest BCUT2D eigenvalue weighted by Crippen LogP contribution is 2.37. The van der Waals surface area contributed by atoms with Crippen LogP contribution in [0.15, 0.2) is 29.2 Å². The summed E-state index contributed by atoms with van der Waals surface area (Å²) in [7, 11) is 0. The van der Waals surface area contributed by atoms with E-state index in [4.69, 9.17) is 0 Å². The van der Waals surface area contributed by atoms with Crippen molar-refractivity contribution in [2.75, 3.05) is 25.0 Å². The molecule has 126 valence electrons. The van der Waals surface area contributed by atoms with Crippen molar-refractivity contribution in [3.8, 4) is 0 Å². The maximum Gasteiger partial charge on any atom is 0.391 e. The second kappa shape index (κ2) is 6.73. The van der Waals surface area contributed by atoms with E-state index in [1.165, 1.54) is 11.8 Å². The zero-order valence-electron chi connectivity index (χ0n) is 12.6. The number of nitrogens with zero attached hydrogens (tertiary/aromatic N) is 1. The van der Waals surface area contributed by atoms with Crippen molar-refractivity contribution >= 4 is 23.4 Å². The number of rotatable bonds is 3. The molecule has 2 heterocycles. The lowest BCUT2D eigenvalue weighted by Crippen LogP contribution is -2.41. The molecule has 1 aromatic carbocycles. The Kier molecular flexibility index (Phi) is 4.87. The summed E-state index contributed by atoms with van der Waals surface area (Å²) in [6.07, 6.45) is -3.09. The Morgan fingerprint density at radius 1 is 1.22 bits per heavy atom.